The van der Waals surface area contributed by atoms with Crippen molar-refractivity contribution in [2.45, 2.75) is 50.9 Å². The van der Waals surface area contributed by atoms with Crippen molar-refractivity contribution in [3.8, 4) is 11.5 Å². The van der Waals surface area contributed by atoms with Crippen molar-refractivity contribution in [3.05, 3.63) is 137 Å². The fraction of sp³-hybridized carbons (Fsp3) is 0.114. The first kappa shape index (κ1) is 39.5. The molecule has 0 aliphatic rings. The third kappa shape index (κ3) is 13.4. The van der Waals surface area contributed by atoms with Gasteiger partial charge in [0.1, 0.15) is 11.5 Å². The molecule has 0 heterocycles. The van der Waals surface area contributed by atoms with Crippen LogP contribution in [0.1, 0.15) is 29.8 Å². The molecule has 0 fully saturated rings. The summed E-state index contributed by atoms with van der Waals surface area (Å²) in [4.78, 5) is 18.0. The van der Waals surface area contributed by atoms with Crippen molar-refractivity contribution < 1.29 is 41.4 Å². The van der Waals surface area contributed by atoms with E-state index in [0.29, 0.717) is 27.6 Å². The summed E-state index contributed by atoms with van der Waals surface area (Å²) < 4.78 is 70.4. The van der Waals surface area contributed by atoms with Gasteiger partial charge in [0.2, 0.25) is 0 Å². The zero-order valence-corrected chi connectivity index (χ0v) is 31.2. The average molecular weight is 866 g/mol. The van der Waals surface area contributed by atoms with Gasteiger partial charge in [0.25, 0.3) is 0 Å². The molecule has 0 radical (unpaired) electrons. The minimum atomic E-state index is -11.2. The van der Waals surface area contributed by atoms with E-state index in [1.807, 2.05) is 78.9 Å². The molecule has 2 atom stereocenters. The summed E-state index contributed by atoms with van der Waals surface area (Å²) in [6, 6.07) is 38.3. The first-order chi connectivity index (χ1) is 23.2. The van der Waals surface area contributed by atoms with Crippen LogP contribution in [0.3, 0.4) is 0 Å². The summed E-state index contributed by atoms with van der Waals surface area (Å²) >= 11 is -3.10. The molecule has 5 nitrogen and oxygen atoms in total. The Hall–Kier alpha value is -3.32. The van der Waals surface area contributed by atoms with Gasteiger partial charge in [0.05, 0.1) is 15.9 Å². The molecule has 0 spiro atoms. The molecular weight excluding hydrogens is 836 g/mol. The Labute approximate surface area is 299 Å². The van der Waals surface area contributed by atoms with Crippen molar-refractivity contribution in [1.29, 1.82) is 0 Å². The number of carbonyl (C=O) groups excluding carboxylic acids is 1. The molecule has 0 amide bonds. The van der Waals surface area contributed by atoms with Crippen LogP contribution < -0.4 is 9.47 Å². The van der Waals surface area contributed by atoms with Crippen LogP contribution in [0.15, 0.2) is 146 Å². The maximum atomic E-state index is 12.8. The van der Waals surface area contributed by atoms with Crippen LogP contribution in [-0.4, -0.2) is 48.1 Å². The van der Waals surface area contributed by atoms with Gasteiger partial charge in [-0.05, 0) is 105 Å². The first-order valence-corrected chi connectivity index (χ1v) is 22.8. The van der Waals surface area contributed by atoms with Crippen LogP contribution in [0.25, 0.3) is 0 Å². The molecule has 5 aromatic rings. The van der Waals surface area contributed by atoms with Gasteiger partial charge in [-0.2, -0.15) is 0 Å². The second kappa shape index (κ2) is 15.5. The van der Waals surface area contributed by atoms with Crippen LogP contribution >= 0.6 is 23.4 Å². The number of hydrogen-bond acceptors (Lipinski definition) is 6. The van der Waals surface area contributed by atoms with Gasteiger partial charge in [-0.15, -0.1) is 0 Å². The van der Waals surface area contributed by atoms with E-state index in [1.165, 1.54) is 11.8 Å². The van der Waals surface area contributed by atoms with Gasteiger partial charge >= 0.3 is 36.4 Å². The van der Waals surface area contributed by atoms with Gasteiger partial charge < -0.3 is 19.7 Å². The Kier molecular flexibility index (Phi) is 12.2. The summed E-state index contributed by atoms with van der Waals surface area (Å²) in [5.74, 6) is 1.11. The van der Waals surface area contributed by atoms with E-state index in [1.54, 1.807) is 32.0 Å². The molecule has 50 heavy (non-hydrogen) atoms. The molecule has 0 aromatic heterocycles. The number of hydrogen-bond donors (Lipinski definition) is 2. The molecule has 5 aromatic carbocycles. The Morgan fingerprint density at radius 1 is 0.660 bits per heavy atom. The van der Waals surface area contributed by atoms with Gasteiger partial charge in [-0.3, -0.25) is 4.79 Å². The fourth-order valence-electron chi connectivity index (χ4n) is 4.36. The fourth-order valence-corrected chi connectivity index (χ4v) is 7.52. The van der Waals surface area contributed by atoms with E-state index in [9.17, 15) is 31.9 Å². The third-order valence-electron chi connectivity index (χ3n) is 6.25. The van der Waals surface area contributed by atoms with Crippen LogP contribution in [0.4, 0.5) is 16.9 Å². The predicted molar refractivity (Wildman–Crippen MR) is 184 cm³/mol. The van der Waals surface area contributed by atoms with E-state index in [-0.39, 0.29) is 5.78 Å². The van der Waals surface area contributed by atoms with Crippen molar-refractivity contribution in [3.63, 3.8) is 0 Å². The standard InChI is InChI=1S/C35H30ClO5S2.6FH.Sb/c1-23(37)40-27-9-15-30(16-10-27)43(31-17-11-28(12-18-31)41-24(2)38)32-19-13-29(14-20-32)42-34-21-8-26(22-33(34)36)35(39)25-6-4-3-5-7-25;;;;;;;/h3-24,37-38H,1-2H3;6*1H;/q+1;;;;;;;+5/p-6. The number of halogens is 7. The van der Waals surface area contributed by atoms with E-state index in [2.05, 4.69) is 24.3 Å². The molecular formula is C35H30ClF6O5S2Sb. The quantitative estimate of drug-likeness (QED) is 0.0453. The summed E-state index contributed by atoms with van der Waals surface area (Å²) in [6.45, 7) is 3.14. The van der Waals surface area contributed by atoms with E-state index in [0.717, 1.165) is 24.5 Å². The van der Waals surface area contributed by atoms with E-state index >= 15 is 0 Å². The van der Waals surface area contributed by atoms with Crippen LogP contribution in [0, 0.1) is 0 Å². The zero-order valence-electron chi connectivity index (χ0n) is 26.2. The van der Waals surface area contributed by atoms with Crippen LogP contribution in [-0.2, 0) is 10.9 Å². The molecule has 2 unspecified atom stereocenters. The number of aliphatic hydroxyl groups excluding tert-OH is 2. The van der Waals surface area contributed by atoms with Crippen molar-refractivity contribution in [2.75, 3.05) is 0 Å². The minimum absolute atomic E-state index is 0.0635. The maximum absolute atomic E-state index is 12.8. The Morgan fingerprint density at radius 2 is 1.08 bits per heavy atom. The number of ether oxygens (including phenoxy) is 2. The summed E-state index contributed by atoms with van der Waals surface area (Å²) in [7, 11) is -0.451. The number of aliphatic hydroxyl groups is 2. The summed E-state index contributed by atoms with van der Waals surface area (Å²) in [5, 5.41) is 19.7. The normalized spacial score (nSPS) is 14.5. The first-order valence-electron chi connectivity index (χ1n) is 14.6. The molecule has 0 aliphatic heterocycles. The van der Waals surface area contributed by atoms with Crippen LogP contribution in [0.5, 0.6) is 11.5 Å². The molecule has 0 saturated carbocycles. The summed E-state index contributed by atoms with van der Waals surface area (Å²) in [5.41, 5.74) is 1.18. The van der Waals surface area contributed by atoms with Crippen molar-refractivity contribution >= 4 is 59.5 Å². The van der Waals surface area contributed by atoms with Crippen molar-refractivity contribution in [1.82, 2.24) is 0 Å². The van der Waals surface area contributed by atoms with Gasteiger partial charge in [-0.25, -0.2) is 0 Å². The predicted octanol–water partition coefficient (Wildman–Crippen LogP) is 10.4. The van der Waals surface area contributed by atoms with Gasteiger partial charge in [-0.1, -0.05) is 53.7 Å². The SMILES string of the molecule is CC(O)Oc1ccc([S+](c2ccc(OC(C)O)cc2)c2ccc(Sc3ccc(C(=O)c4ccccc4)cc3Cl)cc2)cc1.[F][Sb-]([F])([F])([F])([F])[F]. The molecule has 0 bridgehead atoms. The van der Waals surface area contributed by atoms with Crippen LogP contribution in [0.2, 0.25) is 5.02 Å². The number of rotatable bonds is 11. The molecule has 15 heteroatoms. The Morgan fingerprint density at radius 3 is 1.48 bits per heavy atom. The van der Waals surface area contributed by atoms with Gasteiger partial charge in [0.15, 0.2) is 33.0 Å². The van der Waals surface area contributed by atoms with Gasteiger partial charge in [0, 0.05) is 20.9 Å². The molecule has 0 aliphatic carbocycles. The second-order valence-corrected chi connectivity index (χ2v) is 19.6. The molecule has 0 saturated heterocycles. The monoisotopic (exact) mass is 864 g/mol. The summed E-state index contributed by atoms with van der Waals surface area (Å²) in [6.07, 6.45) is -1.80. The molecule has 266 valence electrons. The van der Waals surface area contributed by atoms with E-state index < -0.39 is 43.0 Å². The number of ketones is 1. The topological polar surface area (TPSA) is 76.0 Å². The number of benzene rings is 5. The Balaban J connectivity index is 0.000000727. The van der Waals surface area contributed by atoms with Crippen molar-refractivity contribution in [2.24, 2.45) is 0 Å². The van der Waals surface area contributed by atoms with E-state index in [4.69, 9.17) is 21.1 Å². The third-order valence-corrected chi connectivity index (χ3v) is 9.99. The average Bonchev–Trinajstić information content (AvgIpc) is 3.02. The second-order valence-electron chi connectivity index (χ2n) is 10.6. The molecule has 2 N–H and O–H groups in total. The number of carbonyl (C=O) groups is 1. The Bertz CT molecular complexity index is 1830. The molecule has 5 rings (SSSR count). The zero-order chi connectivity index (χ0) is 36.8.